The number of nitrogens with one attached hydrogen (secondary N) is 2. The minimum Gasteiger partial charge on any atom is -0.310 e. The molecule has 0 saturated carbocycles. The fraction of sp³-hybridized carbons (Fsp3) is 0.500. The Morgan fingerprint density at radius 1 is 0.750 bits per heavy atom. The molecule has 0 aliphatic rings. The highest BCUT2D eigenvalue weighted by Crippen LogP contribution is 2.35. The van der Waals surface area contributed by atoms with Gasteiger partial charge in [-0.05, 0) is 56.4 Å². The van der Waals surface area contributed by atoms with Crippen LogP contribution >= 0.6 is 0 Å². The molecular weight excluding hydrogens is 430 g/mol. The summed E-state index contributed by atoms with van der Waals surface area (Å²) in [5.41, 5.74) is -0.0102. The van der Waals surface area contributed by atoms with Crippen LogP contribution < -0.4 is 10.6 Å². The molecule has 2 aromatic rings. The first-order chi connectivity index (χ1) is 14.7. The topological polar surface area (TPSA) is 24.1 Å². The number of alkyl halides is 6. The Kier molecular flexibility index (Phi) is 8.39. The smallest absolute Gasteiger partial charge is 0.310 e. The summed E-state index contributed by atoms with van der Waals surface area (Å²) in [6, 6.07) is 10.4. The van der Waals surface area contributed by atoms with E-state index in [0.717, 1.165) is 0 Å². The summed E-state index contributed by atoms with van der Waals surface area (Å²) < 4.78 is 80.1. The summed E-state index contributed by atoms with van der Waals surface area (Å²) in [6.07, 6.45) is -9.78. The quantitative estimate of drug-likeness (QED) is 0.444. The minimum absolute atomic E-state index is 0.0822. The lowest BCUT2D eigenvalue weighted by atomic mass is 9.95. The second-order valence-electron chi connectivity index (χ2n) is 9.10. The molecule has 0 spiro atoms. The molecule has 2 N–H and O–H groups in total. The molecule has 32 heavy (non-hydrogen) atoms. The maximum atomic E-state index is 13.9. The molecule has 1 unspecified atom stereocenters. The van der Waals surface area contributed by atoms with Gasteiger partial charge in [-0.1, -0.05) is 42.5 Å². The van der Waals surface area contributed by atoms with E-state index in [0.29, 0.717) is 5.56 Å². The van der Waals surface area contributed by atoms with Crippen molar-refractivity contribution in [3.8, 4) is 0 Å². The molecule has 0 heterocycles. The van der Waals surface area contributed by atoms with Gasteiger partial charge in [-0.2, -0.15) is 26.3 Å². The van der Waals surface area contributed by atoms with Crippen molar-refractivity contribution < 1.29 is 26.3 Å². The molecule has 0 aromatic heterocycles. The Labute approximate surface area is 185 Å². The van der Waals surface area contributed by atoms with Gasteiger partial charge < -0.3 is 10.6 Å². The molecular formula is C24H30F6N2. The lowest BCUT2D eigenvalue weighted by Gasteiger charge is -2.24. The van der Waals surface area contributed by atoms with Crippen molar-refractivity contribution in [3.05, 3.63) is 70.3 Å². The lowest BCUT2D eigenvalue weighted by molar-refractivity contribution is -0.139. The Morgan fingerprint density at radius 2 is 1.31 bits per heavy atom. The van der Waals surface area contributed by atoms with E-state index < -0.39 is 24.3 Å². The largest absolute Gasteiger partial charge is 0.416 e. The highest BCUT2D eigenvalue weighted by atomic mass is 19.4. The molecule has 0 amide bonds. The van der Waals surface area contributed by atoms with Gasteiger partial charge in [0, 0.05) is 24.7 Å². The maximum Gasteiger partial charge on any atom is 0.416 e. The van der Waals surface area contributed by atoms with Crippen molar-refractivity contribution in [2.45, 2.75) is 77.6 Å². The molecule has 0 aliphatic carbocycles. The summed E-state index contributed by atoms with van der Waals surface area (Å²) >= 11 is 0. The fourth-order valence-corrected chi connectivity index (χ4v) is 3.50. The predicted octanol–water partition coefficient (Wildman–Crippen LogP) is 6.42. The van der Waals surface area contributed by atoms with Gasteiger partial charge in [-0.3, -0.25) is 0 Å². The zero-order valence-corrected chi connectivity index (χ0v) is 18.7. The molecule has 8 heteroatoms. The van der Waals surface area contributed by atoms with Crippen LogP contribution in [-0.2, 0) is 32.1 Å². The van der Waals surface area contributed by atoms with Crippen LogP contribution in [0.3, 0.4) is 0 Å². The molecule has 0 fully saturated rings. The molecule has 2 aromatic carbocycles. The molecule has 0 saturated heterocycles. The van der Waals surface area contributed by atoms with Crippen LogP contribution in [0.4, 0.5) is 26.3 Å². The third kappa shape index (κ3) is 8.47. The highest BCUT2D eigenvalue weighted by Gasteiger charge is 2.36. The van der Waals surface area contributed by atoms with E-state index >= 15 is 0 Å². The van der Waals surface area contributed by atoms with E-state index in [-0.39, 0.29) is 47.8 Å². The van der Waals surface area contributed by atoms with Crippen LogP contribution in [-0.4, -0.2) is 17.8 Å². The van der Waals surface area contributed by atoms with E-state index in [4.69, 9.17) is 0 Å². The Bertz CT molecular complexity index is 881. The van der Waals surface area contributed by atoms with E-state index in [2.05, 4.69) is 10.6 Å². The van der Waals surface area contributed by atoms with Crippen LogP contribution in [0.5, 0.6) is 0 Å². The summed E-state index contributed by atoms with van der Waals surface area (Å²) in [7, 11) is 0. The Morgan fingerprint density at radius 3 is 1.88 bits per heavy atom. The predicted molar refractivity (Wildman–Crippen MR) is 114 cm³/mol. The number of hydrogen-bond acceptors (Lipinski definition) is 2. The summed E-state index contributed by atoms with van der Waals surface area (Å²) in [4.78, 5) is 0. The number of rotatable bonds is 8. The number of benzene rings is 2. The van der Waals surface area contributed by atoms with Crippen molar-refractivity contribution in [1.82, 2.24) is 10.6 Å². The third-order valence-corrected chi connectivity index (χ3v) is 5.01. The van der Waals surface area contributed by atoms with E-state index in [9.17, 15) is 26.3 Å². The monoisotopic (exact) mass is 460 g/mol. The maximum absolute atomic E-state index is 13.9. The molecule has 1 atom stereocenters. The lowest BCUT2D eigenvalue weighted by Crippen LogP contribution is -2.36. The molecule has 0 bridgehead atoms. The minimum atomic E-state index is -4.51. The van der Waals surface area contributed by atoms with Gasteiger partial charge in [0.05, 0.1) is 12.0 Å². The third-order valence-electron chi connectivity index (χ3n) is 5.01. The van der Waals surface area contributed by atoms with Crippen molar-refractivity contribution in [3.63, 3.8) is 0 Å². The molecule has 178 valence electrons. The molecule has 0 radical (unpaired) electrons. The van der Waals surface area contributed by atoms with Gasteiger partial charge in [0.2, 0.25) is 0 Å². The Hall–Kier alpha value is -2.06. The molecule has 0 aliphatic heterocycles. The zero-order valence-electron chi connectivity index (χ0n) is 18.7. The molecule has 2 rings (SSSR count). The zero-order chi connectivity index (χ0) is 24.2. The summed E-state index contributed by atoms with van der Waals surface area (Å²) in [5, 5.41) is 6.17. The SMILES string of the molecule is CC(Cc1cccc(CNC(C)(C)C)c1C(F)(F)F)NCc1ccccc1CC(F)(F)F. The summed E-state index contributed by atoms with van der Waals surface area (Å²) in [5.74, 6) is 0. The van der Waals surface area contributed by atoms with Crippen LogP contribution in [0.25, 0.3) is 0 Å². The normalized spacial score (nSPS) is 13.9. The van der Waals surface area contributed by atoms with E-state index in [1.807, 2.05) is 20.8 Å². The second-order valence-corrected chi connectivity index (χ2v) is 9.10. The standard InChI is InChI=1S/C24H30F6N2/c1-16(31-14-19-9-6-5-8-18(19)13-23(25,26)27)12-17-10-7-11-20(15-32-22(2,3)4)21(17)24(28,29)30/h5-11,16,31-32H,12-15H2,1-4H3. The average Bonchev–Trinajstić information content (AvgIpc) is 2.63. The second kappa shape index (κ2) is 10.3. The van der Waals surface area contributed by atoms with Gasteiger partial charge in [-0.15, -0.1) is 0 Å². The summed E-state index contributed by atoms with van der Waals surface area (Å²) in [6.45, 7) is 7.59. The van der Waals surface area contributed by atoms with Gasteiger partial charge in [0.25, 0.3) is 0 Å². The molecule has 2 nitrogen and oxygen atoms in total. The first-order valence-corrected chi connectivity index (χ1v) is 10.5. The van der Waals surface area contributed by atoms with Crippen molar-refractivity contribution in [2.24, 2.45) is 0 Å². The van der Waals surface area contributed by atoms with Crippen LogP contribution in [0.1, 0.15) is 55.5 Å². The van der Waals surface area contributed by atoms with E-state index in [1.54, 1.807) is 31.2 Å². The fourth-order valence-electron chi connectivity index (χ4n) is 3.50. The average molecular weight is 461 g/mol. The van der Waals surface area contributed by atoms with Crippen molar-refractivity contribution in [2.75, 3.05) is 0 Å². The first-order valence-electron chi connectivity index (χ1n) is 10.5. The van der Waals surface area contributed by atoms with Gasteiger partial charge >= 0.3 is 12.4 Å². The van der Waals surface area contributed by atoms with Crippen LogP contribution in [0.2, 0.25) is 0 Å². The Balaban J connectivity index is 2.16. The number of halogens is 6. The van der Waals surface area contributed by atoms with Crippen LogP contribution in [0, 0.1) is 0 Å². The van der Waals surface area contributed by atoms with Gasteiger partial charge in [-0.25, -0.2) is 0 Å². The highest BCUT2D eigenvalue weighted by molar-refractivity contribution is 5.38. The first kappa shape index (κ1) is 26.2. The van der Waals surface area contributed by atoms with Crippen molar-refractivity contribution >= 4 is 0 Å². The van der Waals surface area contributed by atoms with Gasteiger partial charge in [0.1, 0.15) is 0 Å². The van der Waals surface area contributed by atoms with Crippen LogP contribution in [0.15, 0.2) is 42.5 Å². The number of hydrogen-bond donors (Lipinski definition) is 2. The van der Waals surface area contributed by atoms with Crippen molar-refractivity contribution in [1.29, 1.82) is 0 Å². The van der Waals surface area contributed by atoms with E-state index in [1.165, 1.54) is 18.2 Å². The van der Waals surface area contributed by atoms with Gasteiger partial charge in [0.15, 0.2) is 0 Å².